The molecule has 0 unspecified atom stereocenters. The summed E-state index contributed by atoms with van der Waals surface area (Å²) in [6.45, 7) is 4.26. The molecule has 2 aromatic carbocycles. The van der Waals surface area contributed by atoms with Crippen molar-refractivity contribution in [3.05, 3.63) is 65.2 Å². The molecule has 1 atom stereocenters. The number of fused-ring (bicyclic) bond motifs is 1. The third-order valence-corrected chi connectivity index (χ3v) is 4.48. The molecule has 1 aliphatic heterocycles. The van der Waals surface area contributed by atoms with Gasteiger partial charge in [0.15, 0.2) is 0 Å². The van der Waals surface area contributed by atoms with Crippen LogP contribution in [-0.4, -0.2) is 6.54 Å². The number of nitrogens with two attached hydrogens (primary N) is 1. The van der Waals surface area contributed by atoms with E-state index in [0.717, 1.165) is 19.5 Å². The van der Waals surface area contributed by atoms with Gasteiger partial charge in [-0.3, -0.25) is 0 Å². The van der Waals surface area contributed by atoms with Crippen molar-refractivity contribution in [3.63, 3.8) is 0 Å². The maximum atomic E-state index is 6.10. The van der Waals surface area contributed by atoms with Gasteiger partial charge in [0.1, 0.15) is 0 Å². The molecular formula is C19H24N2. The minimum absolute atomic E-state index is 0.156. The van der Waals surface area contributed by atoms with E-state index < -0.39 is 0 Å². The maximum Gasteiger partial charge on any atom is 0.0432 e. The van der Waals surface area contributed by atoms with Crippen molar-refractivity contribution in [3.8, 4) is 0 Å². The molecule has 0 aliphatic carbocycles. The van der Waals surface area contributed by atoms with Crippen LogP contribution in [0, 0.1) is 0 Å². The highest BCUT2D eigenvalue weighted by Crippen LogP contribution is 2.25. The van der Waals surface area contributed by atoms with Gasteiger partial charge in [-0.05, 0) is 48.1 Å². The fraction of sp³-hybridized carbons (Fsp3) is 0.368. The summed E-state index contributed by atoms with van der Waals surface area (Å²) in [6.07, 6.45) is 3.38. The minimum Gasteiger partial charge on any atom is -0.367 e. The van der Waals surface area contributed by atoms with E-state index in [0.29, 0.717) is 0 Å². The minimum atomic E-state index is 0.156. The van der Waals surface area contributed by atoms with E-state index in [2.05, 4.69) is 60.4 Å². The lowest BCUT2D eigenvalue weighted by molar-refractivity contribution is 0.698. The van der Waals surface area contributed by atoms with E-state index >= 15 is 0 Å². The van der Waals surface area contributed by atoms with Gasteiger partial charge in [0, 0.05) is 24.8 Å². The normalized spacial score (nSPS) is 16.2. The van der Waals surface area contributed by atoms with E-state index in [1.807, 2.05) is 0 Å². The molecule has 0 amide bonds. The highest BCUT2D eigenvalue weighted by molar-refractivity contribution is 5.49. The second-order valence-corrected chi connectivity index (χ2v) is 5.90. The zero-order chi connectivity index (χ0) is 14.7. The van der Waals surface area contributed by atoms with Crippen molar-refractivity contribution in [2.45, 2.75) is 38.8 Å². The highest BCUT2D eigenvalue weighted by atomic mass is 15.1. The average molecular weight is 280 g/mol. The van der Waals surface area contributed by atoms with E-state index in [-0.39, 0.29) is 6.04 Å². The Bertz CT molecular complexity index is 589. The molecule has 2 nitrogen and oxygen atoms in total. The molecule has 2 heteroatoms. The van der Waals surface area contributed by atoms with Gasteiger partial charge in [0.2, 0.25) is 0 Å². The molecule has 2 aromatic rings. The van der Waals surface area contributed by atoms with Gasteiger partial charge in [0.25, 0.3) is 0 Å². The third-order valence-electron chi connectivity index (χ3n) is 4.48. The number of benzene rings is 2. The number of rotatable bonds is 3. The summed E-state index contributed by atoms with van der Waals surface area (Å²) in [5, 5.41) is 0. The maximum absolute atomic E-state index is 6.10. The van der Waals surface area contributed by atoms with Crippen LogP contribution < -0.4 is 10.6 Å². The van der Waals surface area contributed by atoms with Gasteiger partial charge < -0.3 is 10.6 Å². The van der Waals surface area contributed by atoms with Crippen LogP contribution in [0.5, 0.6) is 0 Å². The second-order valence-electron chi connectivity index (χ2n) is 5.90. The van der Waals surface area contributed by atoms with Crippen molar-refractivity contribution in [2.24, 2.45) is 5.73 Å². The van der Waals surface area contributed by atoms with Crippen molar-refractivity contribution < 1.29 is 0 Å². The van der Waals surface area contributed by atoms with Gasteiger partial charge in [0.05, 0.1) is 0 Å². The fourth-order valence-corrected chi connectivity index (χ4v) is 3.09. The first-order chi connectivity index (χ1) is 10.3. The van der Waals surface area contributed by atoms with Gasteiger partial charge in [-0.2, -0.15) is 0 Å². The quantitative estimate of drug-likeness (QED) is 0.919. The van der Waals surface area contributed by atoms with Gasteiger partial charge in [-0.25, -0.2) is 0 Å². The molecule has 0 radical (unpaired) electrons. The average Bonchev–Trinajstić information content (AvgIpc) is 2.76. The van der Waals surface area contributed by atoms with E-state index in [4.69, 9.17) is 5.73 Å². The summed E-state index contributed by atoms with van der Waals surface area (Å²) in [5.74, 6) is 0. The highest BCUT2D eigenvalue weighted by Gasteiger charge is 2.14. The monoisotopic (exact) mass is 280 g/mol. The van der Waals surface area contributed by atoms with Crippen molar-refractivity contribution in [1.82, 2.24) is 0 Å². The predicted octanol–water partition coefficient (Wildman–Crippen LogP) is 4.05. The summed E-state index contributed by atoms with van der Waals surface area (Å²) >= 11 is 0. The number of anilines is 1. The lowest BCUT2D eigenvalue weighted by atomic mass is 10.0. The van der Waals surface area contributed by atoms with Gasteiger partial charge in [-0.1, -0.05) is 43.3 Å². The van der Waals surface area contributed by atoms with Crippen molar-refractivity contribution >= 4 is 5.69 Å². The van der Waals surface area contributed by atoms with Crippen LogP contribution in [0.15, 0.2) is 48.5 Å². The molecule has 0 fully saturated rings. The van der Waals surface area contributed by atoms with Crippen LogP contribution in [0.3, 0.4) is 0 Å². The number of hydrogen-bond acceptors (Lipinski definition) is 2. The largest absolute Gasteiger partial charge is 0.367 e. The Morgan fingerprint density at radius 2 is 1.76 bits per heavy atom. The Morgan fingerprint density at radius 3 is 2.48 bits per heavy atom. The molecular weight excluding hydrogens is 256 g/mol. The Labute approximate surface area is 127 Å². The topological polar surface area (TPSA) is 29.3 Å². The van der Waals surface area contributed by atoms with Crippen LogP contribution >= 0.6 is 0 Å². The molecule has 0 aromatic heterocycles. The Hall–Kier alpha value is -1.80. The Balaban J connectivity index is 1.81. The summed E-state index contributed by atoms with van der Waals surface area (Å²) in [5.41, 5.74) is 11.6. The molecule has 21 heavy (non-hydrogen) atoms. The van der Waals surface area contributed by atoms with E-state index in [1.54, 1.807) is 0 Å². The SMILES string of the molecule is CC[C@H](N)c1ccc(N2CCCc3ccccc3C2)cc1. The molecule has 3 rings (SSSR count). The molecule has 0 bridgehead atoms. The van der Waals surface area contributed by atoms with Crippen LogP contribution in [-0.2, 0) is 13.0 Å². The second kappa shape index (κ2) is 6.31. The summed E-state index contributed by atoms with van der Waals surface area (Å²) in [7, 11) is 0. The third kappa shape index (κ3) is 3.11. The van der Waals surface area contributed by atoms with E-state index in [1.165, 1.54) is 35.2 Å². The van der Waals surface area contributed by atoms with Crippen LogP contribution in [0.1, 0.15) is 42.5 Å². The van der Waals surface area contributed by atoms with Crippen LogP contribution in [0.4, 0.5) is 5.69 Å². The Kier molecular flexibility index (Phi) is 4.26. The molecule has 110 valence electrons. The predicted molar refractivity (Wildman–Crippen MR) is 89.5 cm³/mol. The molecule has 0 saturated carbocycles. The van der Waals surface area contributed by atoms with Crippen LogP contribution in [0.25, 0.3) is 0 Å². The van der Waals surface area contributed by atoms with E-state index in [9.17, 15) is 0 Å². The summed E-state index contributed by atoms with van der Waals surface area (Å²) < 4.78 is 0. The molecule has 0 saturated heterocycles. The summed E-state index contributed by atoms with van der Waals surface area (Å²) in [4.78, 5) is 2.48. The number of aryl methyl sites for hydroxylation is 1. The molecule has 1 heterocycles. The lowest BCUT2D eigenvalue weighted by Gasteiger charge is -2.24. The van der Waals surface area contributed by atoms with Gasteiger partial charge in [-0.15, -0.1) is 0 Å². The first kappa shape index (κ1) is 14.2. The van der Waals surface area contributed by atoms with Gasteiger partial charge >= 0.3 is 0 Å². The molecule has 1 aliphatic rings. The number of nitrogens with zero attached hydrogens (tertiary/aromatic N) is 1. The molecule has 0 spiro atoms. The zero-order valence-electron chi connectivity index (χ0n) is 12.8. The first-order valence-corrected chi connectivity index (χ1v) is 7.95. The Morgan fingerprint density at radius 1 is 1.05 bits per heavy atom. The van der Waals surface area contributed by atoms with Crippen molar-refractivity contribution in [2.75, 3.05) is 11.4 Å². The van der Waals surface area contributed by atoms with Crippen molar-refractivity contribution in [1.29, 1.82) is 0 Å². The lowest BCUT2D eigenvalue weighted by Crippen LogP contribution is -2.22. The van der Waals surface area contributed by atoms with Crippen LogP contribution in [0.2, 0.25) is 0 Å². The first-order valence-electron chi connectivity index (χ1n) is 7.95. The number of hydrogen-bond donors (Lipinski definition) is 1. The standard InChI is InChI=1S/C19H24N2/c1-2-19(20)16-9-11-18(12-10-16)21-13-5-8-15-6-3-4-7-17(15)14-21/h3-4,6-7,9-12,19H,2,5,8,13-14,20H2,1H3/t19-/m0/s1. The summed E-state index contributed by atoms with van der Waals surface area (Å²) in [6, 6.07) is 17.8. The zero-order valence-corrected chi connectivity index (χ0v) is 12.8. The fourth-order valence-electron chi connectivity index (χ4n) is 3.09. The molecule has 2 N–H and O–H groups in total. The smallest absolute Gasteiger partial charge is 0.0432 e.